The third-order valence-corrected chi connectivity index (χ3v) is 5.10. The Labute approximate surface area is 134 Å². The van der Waals surface area contributed by atoms with Crippen LogP contribution in [0.15, 0.2) is 0 Å². The molecule has 1 amide bonds. The van der Waals surface area contributed by atoms with Crippen molar-refractivity contribution in [2.75, 3.05) is 26.2 Å². The standard InChI is InChI=1S/C14H25N3O.2ClH/c15-13-6-2-5-12(13)14(18)17-9-7-16(8-10-17)11-3-1-4-11;;/h11-13H,1-10,15H2;2*1H. The molecule has 2 N–H and O–H groups in total. The van der Waals surface area contributed by atoms with Crippen LogP contribution in [0.4, 0.5) is 0 Å². The molecule has 118 valence electrons. The second-order valence-corrected chi connectivity index (χ2v) is 6.15. The van der Waals surface area contributed by atoms with E-state index in [0.717, 1.165) is 51.5 Å². The van der Waals surface area contributed by atoms with Crippen LogP contribution in [0.5, 0.6) is 0 Å². The van der Waals surface area contributed by atoms with E-state index in [1.165, 1.54) is 19.3 Å². The van der Waals surface area contributed by atoms with E-state index in [1.807, 2.05) is 0 Å². The van der Waals surface area contributed by atoms with Crippen molar-refractivity contribution >= 4 is 30.7 Å². The average molecular weight is 324 g/mol. The fourth-order valence-electron chi connectivity index (χ4n) is 3.59. The van der Waals surface area contributed by atoms with E-state index in [2.05, 4.69) is 9.80 Å². The molecule has 6 heteroatoms. The summed E-state index contributed by atoms with van der Waals surface area (Å²) in [5, 5.41) is 0. The first kappa shape index (κ1) is 18.0. The van der Waals surface area contributed by atoms with Crippen LogP contribution in [0.1, 0.15) is 38.5 Å². The molecule has 0 aromatic heterocycles. The molecule has 0 bridgehead atoms. The van der Waals surface area contributed by atoms with Crippen LogP contribution in [-0.4, -0.2) is 54.0 Å². The van der Waals surface area contributed by atoms with Gasteiger partial charge in [0.2, 0.25) is 5.91 Å². The Balaban J connectivity index is 0.000001000. The number of amides is 1. The molecular formula is C14H27Cl2N3O. The van der Waals surface area contributed by atoms with Crippen molar-refractivity contribution in [3.8, 4) is 0 Å². The molecule has 2 atom stereocenters. The highest BCUT2D eigenvalue weighted by Crippen LogP contribution is 2.28. The Morgan fingerprint density at radius 1 is 0.900 bits per heavy atom. The summed E-state index contributed by atoms with van der Waals surface area (Å²) in [4.78, 5) is 17.0. The Bertz CT molecular complexity index is 318. The van der Waals surface area contributed by atoms with Gasteiger partial charge >= 0.3 is 0 Å². The molecule has 0 aromatic rings. The Kier molecular flexibility index (Phi) is 7.06. The summed E-state index contributed by atoms with van der Waals surface area (Å²) >= 11 is 0. The predicted molar refractivity (Wildman–Crippen MR) is 85.6 cm³/mol. The number of carbonyl (C=O) groups is 1. The highest BCUT2D eigenvalue weighted by Gasteiger charge is 2.35. The Morgan fingerprint density at radius 2 is 1.50 bits per heavy atom. The van der Waals surface area contributed by atoms with Gasteiger partial charge in [0, 0.05) is 38.3 Å². The van der Waals surface area contributed by atoms with Crippen molar-refractivity contribution in [3.63, 3.8) is 0 Å². The maximum Gasteiger partial charge on any atom is 0.227 e. The molecule has 3 rings (SSSR count). The van der Waals surface area contributed by atoms with E-state index in [9.17, 15) is 4.79 Å². The van der Waals surface area contributed by atoms with Crippen molar-refractivity contribution in [2.24, 2.45) is 11.7 Å². The van der Waals surface area contributed by atoms with Crippen LogP contribution in [-0.2, 0) is 4.79 Å². The minimum absolute atomic E-state index is 0. The normalized spacial score (nSPS) is 31.1. The number of hydrogen-bond acceptors (Lipinski definition) is 3. The number of nitrogens with zero attached hydrogens (tertiary/aromatic N) is 2. The van der Waals surface area contributed by atoms with Crippen LogP contribution in [0.3, 0.4) is 0 Å². The van der Waals surface area contributed by atoms with Gasteiger partial charge in [-0.1, -0.05) is 12.8 Å². The molecule has 1 aliphatic heterocycles. The second-order valence-electron chi connectivity index (χ2n) is 6.15. The van der Waals surface area contributed by atoms with E-state index < -0.39 is 0 Å². The van der Waals surface area contributed by atoms with Gasteiger partial charge in [-0.2, -0.15) is 0 Å². The third kappa shape index (κ3) is 3.59. The molecule has 0 radical (unpaired) electrons. The van der Waals surface area contributed by atoms with Gasteiger partial charge in [0.1, 0.15) is 0 Å². The van der Waals surface area contributed by atoms with Crippen LogP contribution >= 0.6 is 24.8 Å². The average Bonchev–Trinajstić information content (AvgIpc) is 2.73. The molecule has 20 heavy (non-hydrogen) atoms. The molecule has 2 aliphatic carbocycles. The fraction of sp³-hybridized carbons (Fsp3) is 0.929. The third-order valence-electron chi connectivity index (χ3n) is 5.10. The van der Waals surface area contributed by atoms with Crippen molar-refractivity contribution < 1.29 is 4.79 Å². The number of rotatable bonds is 2. The molecule has 2 saturated carbocycles. The quantitative estimate of drug-likeness (QED) is 0.840. The molecule has 4 nitrogen and oxygen atoms in total. The van der Waals surface area contributed by atoms with Crippen molar-refractivity contribution in [3.05, 3.63) is 0 Å². The zero-order valence-corrected chi connectivity index (χ0v) is 13.6. The maximum absolute atomic E-state index is 12.4. The van der Waals surface area contributed by atoms with Crippen LogP contribution in [0.2, 0.25) is 0 Å². The van der Waals surface area contributed by atoms with Crippen molar-refractivity contribution in [1.82, 2.24) is 9.80 Å². The molecule has 0 aromatic carbocycles. The predicted octanol–water partition coefficient (Wildman–Crippen LogP) is 1.65. The highest BCUT2D eigenvalue weighted by molar-refractivity contribution is 5.85. The van der Waals surface area contributed by atoms with Gasteiger partial charge in [0.15, 0.2) is 0 Å². The second kappa shape index (κ2) is 7.83. The van der Waals surface area contributed by atoms with E-state index >= 15 is 0 Å². The molecule has 0 spiro atoms. The fourth-order valence-corrected chi connectivity index (χ4v) is 3.59. The molecule has 3 aliphatic rings. The lowest BCUT2D eigenvalue weighted by Crippen LogP contribution is -2.55. The monoisotopic (exact) mass is 323 g/mol. The van der Waals surface area contributed by atoms with Gasteiger partial charge < -0.3 is 10.6 Å². The summed E-state index contributed by atoms with van der Waals surface area (Å²) in [6.45, 7) is 3.97. The summed E-state index contributed by atoms with van der Waals surface area (Å²) in [6.07, 6.45) is 7.27. The lowest BCUT2D eigenvalue weighted by Gasteiger charge is -2.43. The van der Waals surface area contributed by atoms with Crippen LogP contribution < -0.4 is 5.73 Å². The first-order valence-electron chi connectivity index (χ1n) is 7.54. The first-order chi connectivity index (χ1) is 8.75. The molecule has 2 unspecified atom stereocenters. The van der Waals surface area contributed by atoms with E-state index in [-0.39, 0.29) is 36.8 Å². The van der Waals surface area contributed by atoms with Gasteiger partial charge in [-0.25, -0.2) is 0 Å². The number of carbonyl (C=O) groups excluding carboxylic acids is 1. The summed E-state index contributed by atoms with van der Waals surface area (Å²) in [5.41, 5.74) is 6.03. The number of piperazine rings is 1. The minimum Gasteiger partial charge on any atom is -0.340 e. The summed E-state index contributed by atoms with van der Waals surface area (Å²) in [5.74, 6) is 0.438. The zero-order chi connectivity index (χ0) is 12.5. The lowest BCUT2D eigenvalue weighted by molar-refractivity contribution is -0.138. The largest absolute Gasteiger partial charge is 0.340 e. The van der Waals surface area contributed by atoms with Crippen molar-refractivity contribution in [1.29, 1.82) is 0 Å². The van der Waals surface area contributed by atoms with Gasteiger partial charge in [0.05, 0.1) is 5.92 Å². The lowest BCUT2D eigenvalue weighted by atomic mass is 9.91. The SMILES string of the molecule is Cl.Cl.NC1CCCC1C(=O)N1CCN(C2CCC2)CC1. The van der Waals surface area contributed by atoms with E-state index in [0.29, 0.717) is 5.91 Å². The summed E-state index contributed by atoms with van der Waals surface area (Å²) < 4.78 is 0. The van der Waals surface area contributed by atoms with Gasteiger partial charge in [-0.3, -0.25) is 9.69 Å². The van der Waals surface area contributed by atoms with Gasteiger partial charge in [-0.05, 0) is 25.7 Å². The minimum atomic E-state index is 0. The highest BCUT2D eigenvalue weighted by atomic mass is 35.5. The van der Waals surface area contributed by atoms with Crippen LogP contribution in [0.25, 0.3) is 0 Å². The van der Waals surface area contributed by atoms with E-state index in [1.54, 1.807) is 0 Å². The number of halogens is 2. The first-order valence-corrected chi connectivity index (χ1v) is 7.54. The zero-order valence-electron chi connectivity index (χ0n) is 12.0. The molecule has 1 heterocycles. The topological polar surface area (TPSA) is 49.6 Å². The maximum atomic E-state index is 12.4. The smallest absolute Gasteiger partial charge is 0.227 e. The Hall–Kier alpha value is -0.0300. The number of hydrogen-bond donors (Lipinski definition) is 1. The molecule has 1 saturated heterocycles. The van der Waals surface area contributed by atoms with Gasteiger partial charge in [0.25, 0.3) is 0 Å². The molecule has 3 fully saturated rings. The summed E-state index contributed by atoms with van der Waals surface area (Å²) in [7, 11) is 0. The van der Waals surface area contributed by atoms with Crippen molar-refractivity contribution in [2.45, 2.75) is 50.6 Å². The Morgan fingerprint density at radius 3 is 1.95 bits per heavy atom. The molecular weight excluding hydrogens is 297 g/mol. The van der Waals surface area contributed by atoms with Gasteiger partial charge in [-0.15, -0.1) is 24.8 Å². The number of nitrogens with two attached hydrogens (primary N) is 1. The van der Waals surface area contributed by atoms with E-state index in [4.69, 9.17) is 5.73 Å². The van der Waals surface area contributed by atoms with Crippen LogP contribution in [0, 0.1) is 5.92 Å². The summed E-state index contributed by atoms with van der Waals surface area (Å²) in [6, 6.07) is 0.929.